The molecule has 2 heterocycles. The molecule has 0 saturated heterocycles. The van der Waals surface area contributed by atoms with E-state index in [2.05, 4.69) is 10.1 Å². The van der Waals surface area contributed by atoms with Crippen LogP contribution in [0.4, 0.5) is 8.78 Å². The number of carbonyl (C=O) groups is 1. The molecule has 158 valence electrons. The van der Waals surface area contributed by atoms with Crippen molar-refractivity contribution in [3.63, 3.8) is 0 Å². The summed E-state index contributed by atoms with van der Waals surface area (Å²) in [6, 6.07) is 10.5. The van der Waals surface area contributed by atoms with E-state index >= 15 is 0 Å². The maximum Gasteiger partial charge on any atom is 0.346 e. The Balaban J connectivity index is 2.09. The molecule has 0 fully saturated rings. The van der Waals surface area contributed by atoms with Gasteiger partial charge in [0.1, 0.15) is 11.6 Å². The number of aryl methyl sites for hydroxylation is 2. The molecule has 4 rings (SSSR count). The summed E-state index contributed by atoms with van der Waals surface area (Å²) in [6.07, 6.45) is 0. The van der Waals surface area contributed by atoms with Gasteiger partial charge in [0.25, 0.3) is 5.56 Å². The number of nitrogens with one attached hydrogen (secondary N) is 1. The van der Waals surface area contributed by atoms with Crippen LogP contribution < -0.4 is 5.56 Å². The molecule has 0 bridgehead atoms. The Kier molecular flexibility index (Phi) is 5.14. The molecule has 0 atom stereocenters. The van der Waals surface area contributed by atoms with E-state index in [1.54, 1.807) is 13.8 Å². The van der Waals surface area contributed by atoms with Crippen molar-refractivity contribution in [3.05, 3.63) is 81.3 Å². The predicted octanol–water partition coefficient (Wildman–Crippen LogP) is 4.43. The minimum atomic E-state index is -0.939. The number of aromatic nitrogens is 3. The molecular formula is C23H19F2N3O3. The van der Waals surface area contributed by atoms with Crippen molar-refractivity contribution >= 4 is 11.6 Å². The fourth-order valence-corrected chi connectivity index (χ4v) is 3.51. The van der Waals surface area contributed by atoms with E-state index in [9.17, 15) is 18.4 Å². The largest absolute Gasteiger partial charge is 0.462 e. The molecular weight excluding hydrogens is 404 g/mol. The molecule has 6 nitrogen and oxygen atoms in total. The second kappa shape index (κ2) is 7.79. The highest BCUT2D eigenvalue weighted by Gasteiger charge is 2.27. The number of carbonyl (C=O) groups excluding carboxylic acids is 1. The number of ether oxygens (including phenoxy) is 1. The van der Waals surface area contributed by atoms with Gasteiger partial charge in [0.15, 0.2) is 11.2 Å². The highest BCUT2D eigenvalue weighted by molar-refractivity contribution is 5.97. The highest BCUT2D eigenvalue weighted by Crippen LogP contribution is 2.30. The number of fused-ring (bicyclic) bond motifs is 1. The number of hydrogen-bond acceptors (Lipinski definition) is 4. The molecule has 2 aromatic heterocycles. The van der Waals surface area contributed by atoms with Gasteiger partial charge in [-0.1, -0.05) is 29.8 Å². The molecule has 1 N–H and O–H groups in total. The average molecular weight is 423 g/mol. The van der Waals surface area contributed by atoms with Crippen molar-refractivity contribution in [2.45, 2.75) is 20.8 Å². The number of esters is 1. The Hall–Kier alpha value is -3.81. The monoisotopic (exact) mass is 423 g/mol. The molecule has 0 spiro atoms. The van der Waals surface area contributed by atoms with Crippen LogP contribution in [0.5, 0.6) is 0 Å². The van der Waals surface area contributed by atoms with Gasteiger partial charge in [-0.3, -0.25) is 9.89 Å². The first-order valence-corrected chi connectivity index (χ1v) is 9.66. The topological polar surface area (TPSA) is 76.5 Å². The zero-order chi connectivity index (χ0) is 22.3. The zero-order valence-corrected chi connectivity index (χ0v) is 17.1. The number of halogens is 2. The van der Waals surface area contributed by atoms with E-state index in [1.807, 2.05) is 31.2 Å². The summed E-state index contributed by atoms with van der Waals surface area (Å²) in [4.78, 5) is 30.3. The molecule has 0 aliphatic rings. The Morgan fingerprint density at radius 3 is 2.48 bits per heavy atom. The van der Waals surface area contributed by atoms with E-state index in [0.717, 1.165) is 27.8 Å². The van der Waals surface area contributed by atoms with Crippen LogP contribution in [-0.2, 0) is 4.74 Å². The molecule has 8 heteroatoms. The summed E-state index contributed by atoms with van der Waals surface area (Å²) in [5.74, 6) is -2.65. The highest BCUT2D eigenvalue weighted by atomic mass is 19.1. The molecule has 0 amide bonds. The molecule has 0 aliphatic carbocycles. The van der Waals surface area contributed by atoms with Crippen LogP contribution in [0.1, 0.15) is 28.5 Å². The molecule has 2 aromatic carbocycles. The molecule has 4 aromatic rings. The number of H-pyrrole nitrogens is 1. The van der Waals surface area contributed by atoms with E-state index < -0.39 is 28.7 Å². The quantitative estimate of drug-likeness (QED) is 0.493. The molecule has 0 aliphatic heterocycles. The summed E-state index contributed by atoms with van der Waals surface area (Å²) < 4.78 is 34.3. The van der Waals surface area contributed by atoms with Crippen LogP contribution in [0.2, 0.25) is 0 Å². The fraction of sp³-hybridized carbons (Fsp3) is 0.174. The minimum absolute atomic E-state index is 0.0185. The van der Waals surface area contributed by atoms with Crippen molar-refractivity contribution in [3.8, 4) is 22.4 Å². The maximum absolute atomic E-state index is 14.6. The second-order valence-corrected chi connectivity index (χ2v) is 7.12. The van der Waals surface area contributed by atoms with Gasteiger partial charge in [0, 0.05) is 22.9 Å². The van der Waals surface area contributed by atoms with Crippen molar-refractivity contribution in [2.75, 3.05) is 6.61 Å². The Morgan fingerprint density at radius 1 is 1.13 bits per heavy atom. The summed E-state index contributed by atoms with van der Waals surface area (Å²) in [7, 11) is 0. The SMILES string of the molecule is CCOC(=O)c1c(-c2ccc(F)cc2F)nc2c(-c3ccc(C)cc3)c(C)[nH]n2c1=O. The second-order valence-electron chi connectivity index (χ2n) is 7.12. The standard InChI is InChI=1S/C23H19F2N3O3/c1-4-31-23(30)19-20(16-10-9-15(24)11-17(16)25)26-21-18(13(3)27-28(21)22(19)29)14-7-5-12(2)6-8-14/h5-11,27H,4H2,1-3H3. The lowest BCUT2D eigenvalue weighted by Crippen LogP contribution is -2.26. The number of hydrogen-bond donors (Lipinski definition) is 1. The lowest BCUT2D eigenvalue weighted by atomic mass is 10.0. The Bertz CT molecular complexity index is 1370. The molecule has 0 unspecified atom stereocenters. The van der Waals surface area contributed by atoms with Gasteiger partial charge < -0.3 is 4.74 Å². The summed E-state index contributed by atoms with van der Waals surface area (Å²) >= 11 is 0. The smallest absolute Gasteiger partial charge is 0.346 e. The summed E-state index contributed by atoms with van der Waals surface area (Å²) in [6.45, 7) is 5.33. The van der Waals surface area contributed by atoms with Crippen molar-refractivity contribution in [1.82, 2.24) is 14.6 Å². The summed E-state index contributed by atoms with van der Waals surface area (Å²) in [5, 5.41) is 2.93. The molecule has 31 heavy (non-hydrogen) atoms. The van der Waals surface area contributed by atoms with Gasteiger partial charge >= 0.3 is 5.97 Å². The normalized spacial score (nSPS) is 11.1. The van der Waals surface area contributed by atoms with Crippen LogP contribution in [0, 0.1) is 25.5 Å². The Morgan fingerprint density at radius 2 is 1.84 bits per heavy atom. The fourth-order valence-electron chi connectivity index (χ4n) is 3.51. The number of benzene rings is 2. The van der Waals surface area contributed by atoms with Crippen molar-refractivity contribution in [2.24, 2.45) is 0 Å². The van der Waals surface area contributed by atoms with E-state index in [1.165, 1.54) is 0 Å². The number of aromatic amines is 1. The van der Waals surface area contributed by atoms with Gasteiger partial charge in [-0.05, 0) is 38.5 Å². The van der Waals surface area contributed by atoms with Gasteiger partial charge in [-0.2, -0.15) is 0 Å². The van der Waals surface area contributed by atoms with Crippen LogP contribution in [-0.4, -0.2) is 27.2 Å². The Labute approximate surface area is 176 Å². The lowest BCUT2D eigenvalue weighted by molar-refractivity contribution is 0.0524. The first-order valence-electron chi connectivity index (χ1n) is 9.66. The van der Waals surface area contributed by atoms with Gasteiger partial charge in [0.2, 0.25) is 0 Å². The van der Waals surface area contributed by atoms with Crippen LogP contribution >= 0.6 is 0 Å². The summed E-state index contributed by atoms with van der Waals surface area (Å²) in [5.41, 5.74) is 1.82. The van der Waals surface area contributed by atoms with Crippen molar-refractivity contribution in [1.29, 1.82) is 0 Å². The van der Waals surface area contributed by atoms with Gasteiger partial charge in [-0.25, -0.2) is 23.1 Å². The predicted molar refractivity (Wildman–Crippen MR) is 112 cm³/mol. The lowest BCUT2D eigenvalue weighted by Gasteiger charge is -2.10. The third kappa shape index (κ3) is 3.50. The van der Waals surface area contributed by atoms with Crippen molar-refractivity contribution < 1.29 is 18.3 Å². The van der Waals surface area contributed by atoms with E-state index in [0.29, 0.717) is 17.3 Å². The number of rotatable bonds is 4. The first-order chi connectivity index (χ1) is 14.8. The van der Waals surface area contributed by atoms with Crippen LogP contribution in [0.15, 0.2) is 47.3 Å². The zero-order valence-electron chi connectivity index (χ0n) is 17.1. The van der Waals surface area contributed by atoms with Crippen LogP contribution in [0.25, 0.3) is 28.0 Å². The minimum Gasteiger partial charge on any atom is -0.462 e. The molecule has 0 radical (unpaired) electrons. The first kappa shape index (κ1) is 20.5. The van der Waals surface area contributed by atoms with E-state index in [-0.39, 0.29) is 23.5 Å². The van der Waals surface area contributed by atoms with E-state index in [4.69, 9.17) is 4.74 Å². The van der Waals surface area contributed by atoms with Gasteiger partial charge in [0.05, 0.1) is 12.3 Å². The third-order valence-corrected chi connectivity index (χ3v) is 4.97. The average Bonchev–Trinajstić information content (AvgIpc) is 3.05. The van der Waals surface area contributed by atoms with Gasteiger partial charge in [-0.15, -0.1) is 0 Å². The van der Waals surface area contributed by atoms with Crippen LogP contribution in [0.3, 0.4) is 0 Å². The maximum atomic E-state index is 14.6. The molecule has 0 saturated carbocycles. The number of nitrogens with zero attached hydrogens (tertiary/aromatic N) is 2. The third-order valence-electron chi connectivity index (χ3n) is 4.97.